The summed E-state index contributed by atoms with van der Waals surface area (Å²) in [6.07, 6.45) is 4.93. The predicted molar refractivity (Wildman–Crippen MR) is 91.8 cm³/mol. The fraction of sp³-hybridized carbons (Fsp3) is 0.235. The van der Waals surface area contributed by atoms with E-state index < -0.39 is 9.73 Å². The van der Waals surface area contributed by atoms with Crippen LogP contribution in [0.3, 0.4) is 0 Å². The van der Waals surface area contributed by atoms with Crippen molar-refractivity contribution in [1.29, 1.82) is 4.78 Å². The summed E-state index contributed by atoms with van der Waals surface area (Å²) < 4.78 is 19.3. The minimum atomic E-state index is -2.73. The number of aromatic nitrogens is 2. The van der Waals surface area contributed by atoms with E-state index in [4.69, 9.17) is 10.5 Å². The maximum atomic E-state index is 11.7. The smallest absolute Gasteiger partial charge is 0.0865 e. The van der Waals surface area contributed by atoms with Crippen molar-refractivity contribution in [2.75, 3.05) is 6.26 Å². The Balaban J connectivity index is 1.81. The van der Waals surface area contributed by atoms with Crippen molar-refractivity contribution in [3.63, 3.8) is 0 Å². The van der Waals surface area contributed by atoms with Gasteiger partial charge in [0.25, 0.3) is 0 Å². The molecule has 0 spiro atoms. The van der Waals surface area contributed by atoms with Crippen molar-refractivity contribution in [2.24, 2.45) is 5.73 Å². The van der Waals surface area contributed by atoms with E-state index in [0.717, 1.165) is 29.7 Å². The van der Waals surface area contributed by atoms with Crippen LogP contribution in [0, 0.1) is 4.78 Å². The average molecular weight is 326 g/mol. The fourth-order valence-electron chi connectivity index (χ4n) is 3.27. The van der Waals surface area contributed by atoms with E-state index in [1.54, 1.807) is 6.07 Å². The van der Waals surface area contributed by atoms with Crippen molar-refractivity contribution < 1.29 is 4.21 Å². The number of hydrogen-bond donors (Lipinski definition) is 3. The minimum absolute atomic E-state index is 0.139. The molecule has 1 aliphatic carbocycles. The summed E-state index contributed by atoms with van der Waals surface area (Å²) in [4.78, 5) is 8.21. The Labute approximate surface area is 134 Å². The van der Waals surface area contributed by atoms with E-state index in [0.29, 0.717) is 4.90 Å². The van der Waals surface area contributed by atoms with E-state index in [9.17, 15) is 4.21 Å². The topological polar surface area (TPSA) is 95.6 Å². The largest absolute Gasteiger partial charge is 0.353 e. The van der Waals surface area contributed by atoms with Crippen molar-refractivity contribution in [1.82, 2.24) is 9.97 Å². The minimum Gasteiger partial charge on any atom is -0.353 e. The van der Waals surface area contributed by atoms with Gasteiger partial charge in [-0.15, -0.1) is 0 Å². The van der Waals surface area contributed by atoms with Crippen molar-refractivity contribution in [3.05, 3.63) is 47.7 Å². The van der Waals surface area contributed by atoms with Crippen LogP contribution in [0.15, 0.2) is 41.4 Å². The Morgan fingerprint density at radius 3 is 2.87 bits per heavy atom. The third-order valence-electron chi connectivity index (χ3n) is 4.52. The van der Waals surface area contributed by atoms with Crippen molar-refractivity contribution >= 4 is 20.6 Å². The van der Waals surface area contributed by atoms with Gasteiger partial charge >= 0.3 is 0 Å². The predicted octanol–water partition coefficient (Wildman–Crippen LogP) is 3.21. The van der Waals surface area contributed by atoms with Crippen LogP contribution in [-0.2, 0) is 16.1 Å². The molecule has 1 aromatic carbocycles. The highest BCUT2D eigenvalue weighted by Gasteiger charge is 2.22. The molecule has 0 fully saturated rings. The van der Waals surface area contributed by atoms with Crippen molar-refractivity contribution in [2.45, 2.75) is 23.8 Å². The summed E-state index contributed by atoms with van der Waals surface area (Å²) in [6, 6.07) is 9.95. The zero-order valence-electron chi connectivity index (χ0n) is 12.8. The van der Waals surface area contributed by atoms with Crippen LogP contribution in [0.1, 0.15) is 23.6 Å². The normalized spacial score (nSPS) is 19.7. The van der Waals surface area contributed by atoms with Gasteiger partial charge in [0.15, 0.2) is 0 Å². The van der Waals surface area contributed by atoms with Crippen LogP contribution in [0.2, 0.25) is 0 Å². The molecule has 1 aliphatic rings. The van der Waals surface area contributed by atoms with Crippen LogP contribution >= 0.6 is 0 Å². The number of aromatic amines is 1. The van der Waals surface area contributed by atoms with Gasteiger partial charge in [-0.3, -0.25) is 4.98 Å². The number of hydrogen-bond acceptors (Lipinski definition) is 4. The summed E-state index contributed by atoms with van der Waals surface area (Å²) >= 11 is 0. The number of nitrogens with one attached hydrogen (secondary N) is 2. The fourth-order valence-corrected chi connectivity index (χ4v) is 3.85. The Bertz CT molecular complexity index is 1000. The third kappa shape index (κ3) is 2.34. The standard InChI is InChI=1S/C17H18N4OS/c1-23(19,22)10-2-6-16(20-9-10)17-8-13-11-3-5-14(18)12(11)4-7-15(13)21-17/h2,4,6-9,14,19,21H,3,5,18H2,1H3/t14-,23?/m1/s1. The number of H-pyrrole nitrogens is 1. The van der Waals surface area contributed by atoms with Gasteiger partial charge in [0.05, 0.1) is 26.0 Å². The lowest BCUT2D eigenvalue weighted by Gasteiger charge is -2.04. The molecule has 0 saturated carbocycles. The van der Waals surface area contributed by atoms with Crippen molar-refractivity contribution in [3.8, 4) is 11.4 Å². The highest BCUT2D eigenvalue weighted by atomic mass is 32.2. The molecule has 0 radical (unpaired) electrons. The van der Waals surface area contributed by atoms with Crippen LogP contribution in [0.5, 0.6) is 0 Å². The number of fused-ring (bicyclic) bond motifs is 3. The molecule has 2 atom stereocenters. The molecule has 23 heavy (non-hydrogen) atoms. The Kier molecular flexibility index (Phi) is 3.08. The van der Waals surface area contributed by atoms with Crippen LogP contribution in [-0.4, -0.2) is 20.4 Å². The van der Waals surface area contributed by atoms with Crippen LogP contribution in [0.4, 0.5) is 0 Å². The Hall–Kier alpha value is -2.18. The summed E-state index contributed by atoms with van der Waals surface area (Å²) in [7, 11) is -2.73. The number of pyridine rings is 1. The van der Waals surface area contributed by atoms with Crippen LogP contribution in [0.25, 0.3) is 22.3 Å². The van der Waals surface area contributed by atoms with Gasteiger partial charge in [-0.05, 0) is 48.2 Å². The monoisotopic (exact) mass is 326 g/mol. The molecule has 0 amide bonds. The number of rotatable bonds is 2. The zero-order chi connectivity index (χ0) is 16.2. The summed E-state index contributed by atoms with van der Waals surface area (Å²) in [5, 5.41) is 1.20. The van der Waals surface area contributed by atoms with E-state index >= 15 is 0 Å². The van der Waals surface area contributed by atoms with E-state index in [1.807, 2.05) is 6.07 Å². The molecule has 4 N–H and O–H groups in total. The lowest BCUT2D eigenvalue weighted by molar-refractivity contribution is 0.678. The lowest BCUT2D eigenvalue weighted by atomic mass is 10.0. The SMILES string of the molecule is CS(=N)(=O)c1ccc(-c2cc3c4c(ccc3[nH]2)[C@H](N)CC4)nc1. The highest BCUT2D eigenvalue weighted by Crippen LogP contribution is 2.36. The molecule has 118 valence electrons. The van der Waals surface area contributed by atoms with E-state index in [1.165, 1.54) is 29.0 Å². The number of aryl methyl sites for hydroxylation is 1. The first-order valence-corrected chi connectivity index (χ1v) is 9.50. The number of benzene rings is 1. The van der Waals surface area contributed by atoms with Gasteiger partial charge in [-0.25, -0.2) is 8.99 Å². The summed E-state index contributed by atoms with van der Waals surface area (Å²) in [5.74, 6) is 0. The molecule has 6 heteroatoms. The first kappa shape index (κ1) is 14.4. The molecule has 1 unspecified atom stereocenters. The second kappa shape index (κ2) is 4.91. The Morgan fingerprint density at radius 2 is 2.17 bits per heavy atom. The molecular formula is C17H18N4OS. The van der Waals surface area contributed by atoms with Gasteiger partial charge in [-0.1, -0.05) is 6.07 Å². The molecule has 3 aromatic rings. The maximum Gasteiger partial charge on any atom is 0.0865 e. The molecule has 2 heterocycles. The molecule has 4 rings (SSSR count). The van der Waals surface area contributed by atoms with Gasteiger partial charge in [0, 0.05) is 29.4 Å². The molecular weight excluding hydrogens is 308 g/mol. The molecule has 2 aromatic heterocycles. The van der Waals surface area contributed by atoms with Gasteiger partial charge < -0.3 is 10.7 Å². The maximum absolute atomic E-state index is 11.7. The molecule has 5 nitrogen and oxygen atoms in total. The van der Waals surface area contributed by atoms with Crippen LogP contribution < -0.4 is 5.73 Å². The molecule has 0 saturated heterocycles. The van der Waals surface area contributed by atoms with E-state index in [-0.39, 0.29) is 6.04 Å². The summed E-state index contributed by atoms with van der Waals surface area (Å²) in [5.41, 5.74) is 11.5. The first-order valence-electron chi connectivity index (χ1n) is 7.54. The second-order valence-electron chi connectivity index (χ2n) is 6.15. The summed E-state index contributed by atoms with van der Waals surface area (Å²) in [6.45, 7) is 0. The Morgan fingerprint density at radius 1 is 1.35 bits per heavy atom. The average Bonchev–Trinajstić information content (AvgIpc) is 3.10. The number of nitrogens with two attached hydrogens (primary N) is 1. The highest BCUT2D eigenvalue weighted by molar-refractivity contribution is 7.91. The first-order chi connectivity index (χ1) is 10.9. The number of nitrogens with zero attached hydrogens (tertiary/aromatic N) is 1. The van der Waals surface area contributed by atoms with E-state index in [2.05, 4.69) is 28.2 Å². The lowest BCUT2D eigenvalue weighted by Crippen LogP contribution is -2.04. The second-order valence-corrected chi connectivity index (χ2v) is 8.30. The van der Waals surface area contributed by atoms with Gasteiger partial charge in [0.1, 0.15) is 0 Å². The third-order valence-corrected chi connectivity index (χ3v) is 5.66. The van der Waals surface area contributed by atoms with Gasteiger partial charge in [0.2, 0.25) is 0 Å². The molecule has 0 aliphatic heterocycles. The molecule has 0 bridgehead atoms. The zero-order valence-corrected chi connectivity index (χ0v) is 13.6. The van der Waals surface area contributed by atoms with Gasteiger partial charge in [-0.2, -0.15) is 0 Å². The quantitative estimate of drug-likeness (QED) is 0.674.